The number of rotatable bonds is 3. The van der Waals surface area contributed by atoms with Crippen LogP contribution in [0.1, 0.15) is 11.8 Å². The van der Waals surface area contributed by atoms with E-state index in [2.05, 4.69) is 10.3 Å². The van der Waals surface area contributed by atoms with E-state index in [0.29, 0.717) is 5.69 Å². The largest absolute Gasteiger partial charge is 0.381 e. The van der Waals surface area contributed by atoms with Crippen LogP contribution in [0.3, 0.4) is 0 Å². The Labute approximate surface area is 90.1 Å². The highest BCUT2D eigenvalue weighted by atomic mass is 19.3. The zero-order valence-electron chi connectivity index (χ0n) is 8.16. The van der Waals surface area contributed by atoms with Crippen LogP contribution in [0.4, 0.5) is 8.78 Å². The van der Waals surface area contributed by atoms with Crippen molar-refractivity contribution in [3.63, 3.8) is 0 Å². The molecular weight excluding hydrogens is 216 g/mol. The van der Waals surface area contributed by atoms with Gasteiger partial charge < -0.3 is 5.11 Å². The number of nitrogens with zero attached hydrogens (tertiary/aromatic N) is 3. The predicted octanol–water partition coefficient (Wildman–Crippen LogP) is 1.57. The van der Waals surface area contributed by atoms with Crippen molar-refractivity contribution in [3.05, 3.63) is 42.2 Å². The molecule has 2 aromatic rings. The van der Waals surface area contributed by atoms with Crippen molar-refractivity contribution in [2.45, 2.75) is 12.5 Å². The van der Waals surface area contributed by atoms with Gasteiger partial charge in [0.15, 0.2) is 6.10 Å². The summed E-state index contributed by atoms with van der Waals surface area (Å²) in [5.74, 6) is 0. The Balaban J connectivity index is 2.40. The molecule has 1 aromatic carbocycles. The molecule has 0 fully saturated rings. The molecule has 4 nitrogen and oxygen atoms in total. The lowest BCUT2D eigenvalue weighted by Gasteiger charge is -2.10. The van der Waals surface area contributed by atoms with Crippen LogP contribution in [0.25, 0.3) is 5.69 Å². The molecule has 0 saturated heterocycles. The topological polar surface area (TPSA) is 50.9 Å². The van der Waals surface area contributed by atoms with E-state index in [1.54, 1.807) is 30.3 Å². The van der Waals surface area contributed by atoms with Gasteiger partial charge in [-0.15, -0.1) is 5.10 Å². The lowest BCUT2D eigenvalue weighted by molar-refractivity contribution is -0.00952. The average molecular weight is 225 g/mol. The molecule has 16 heavy (non-hydrogen) atoms. The number of hydrogen-bond acceptors (Lipinski definition) is 3. The Morgan fingerprint density at radius 2 is 1.88 bits per heavy atom. The highest BCUT2D eigenvalue weighted by Gasteiger charge is 2.24. The number of aliphatic hydroxyl groups excluding tert-OH is 1. The van der Waals surface area contributed by atoms with Gasteiger partial charge >= 0.3 is 0 Å². The van der Waals surface area contributed by atoms with Gasteiger partial charge in [-0.2, -0.15) is 0 Å². The third-order valence-electron chi connectivity index (χ3n) is 2.12. The van der Waals surface area contributed by atoms with E-state index in [1.165, 1.54) is 4.68 Å². The van der Waals surface area contributed by atoms with Crippen molar-refractivity contribution in [2.24, 2.45) is 0 Å². The second-order valence-electron chi connectivity index (χ2n) is 3.19. The Kier molecular flexibility index (Phi) is 2.91. The molecule has 84 valence electrons. The van der Waals surface area contributed by atoms with Crippen molar-refractivity contribution in [1.29, 1.82) is 0 Å². The minimum atomic E-state index is -2.86. The summed E-state index contributed by atoms with van der Waals surface area (Å²) < 4.78 is 25.9. The molecule has 1 atom stereocenters. The van der Waals surface area contributed by atoms with E-state index in [0.717, 1.165) is 6.20 Å². The number of aliphatic hydroxyl groups is 1. The number of hydrogen-bond donors (Lipinski definition) is 1. The van der Waals surface area contributed by atoms with Gasteiger partial charge in [-0.3, -0.25) is 0 Å². The van der Waals surface area contributed by atoms with Crippen molar-refractivity contribution < 1.29 is 13.9 Å². The molecule has 0 aliphatic heterocycles. The van der Waals surface area contributed by atoms with Crippen molar-refractivity contribution in [1.82, 2.24) is 15.0 Å². The Morgan fingerprint density at radius 3 is 2.50 bits per heavy atom. The molecule has 1 N–H and O–H groups in total. The van der Waals surface area contributed by atoms with E-state index in [4.69, 9.17) is 0 Å². The van der Waals surface area contributed by atoms with E-state index in [1.807, 2.05) is 0 Å². The maximum Gasteiger partial charge on any atom is 0.269 e. The molecule has 1 unspecified atom stereocenters. The highest BCUT2D eigenvalue weighted by molar-refractivity contribution is 5.32. The zero-order valence-corrected chi connectivity index (χ0v) is 8.16. The van der Waals surface area contributed by atoms with Crippen LogP contribution in [0.15, 0.2) is 36.5 Å². The first kappa shape index (κ1) is 10.7. The van der Waals surface area contributed by atoms with Crippen LogP contribution in [-0.2, 0) is 0 Å². The molecule has 6 heteroatoms. The summed E-state index contributed by atoms with van der Waals surface area (Å²) in [5.41, 5.74) is 0.552. The van der Waals surface area contributed by atoms with Gasteiger partial charge in [0.25, 0.3) is 6.43 Å². The molecule has 2 rings (SSSR count). The Morgan fingerprint density at radius 1 is 1.19 bits per heavy atom. The van der Waals surface area contributed by atoms with Gasteiger partial charge in [-0.25, -0.2) is 13.5 Å². The normalized spacial score (nSPS) is 13.0. The maximum absolute atomic E-state index is 12.4. The highest BCUT2D eigenvalue weighted by Crippen LogP contribution is 2.21. The molecule has 0 bridgehead atoms. The number of para-hydroxylation sites is 1. The fourth-order valence-corrected chi connectivity index (χ4v) is 1.34. The second kappa shape index (κ2) is 4.36. The smallest absolute Gasteiger partial charge is 0.269 e. The predicted molar refractivity (Wildman–Crippen MR) is 52.3 cm³/mol. The van der Waals surface area contributed by atoms with Crippen LogP contribution in [0.2, 0.25) is 0 Å². The Bertz CT molecular complexity index is 458. The third kappa shape index (κ3) is 1.92. The molecular formula is C10H9F2N3O. The third-order valence-corrected chi connectivity index (χ3v) is 2.12. The first-order valence-corrected chi connectivity index (χ1v) is 4.62. The maximum atomic E-state index is 12.4. The van der Waals surface area contributed by atoms with Crippen LogP contribution in [-0.4, -0.2) is 26.5 Å². The summed E-state index contributed by atoms with van der Waals surface area (Å²) in [6, 6.07) is 8.67. The summed E-state index contributed by atoms with van der Waals surface area (Å²) in [6.45, 7) is 0. The van der Waals surface area contributed by atoms with E-state index in [9.17, 15) is 13.9 Å². The van der Waals surface area contributed by atoms with Crippen LogP contribution < -0.4 is 0 Å². The SMILES string of the molecule is OC(c1cnnn1-c1ccccc1)C(F)F. The first-order valence-electron chi connectivity index (χ1n) is 4.62. The molecule has 0 aliphatic carbocycles. The molecule has 0 saturated carbocycles. The minimum absolute atomic E-state index is 0.0267. The fraction of sp³-hybridized carbons (Fsp3) is 0.200. The molecule has 1 heterocycles. The molecule has 0 aliphatic rings. The summed E-state index contributed by atoms with van der Waals surface area (Å²) in [5, 5.41) is 16.5. The van der Waals surface area contributed by atoms with Gasteiger partial charge in [0.1, 0.15) is 0 Å². The fourth-order valence-electron chi connectivity index (χ4n) is 1.34. The second-order valence-corrected chi connectivity index (χ2v) is 3.19. The summed E-state index contributed by atoms with van der Waals surface area (Å²) in [7, 11) is 0. The van der Waals surface area contributed by atoms with Gasteiger partial charge in [0.05, 0.1) is 17.6 Å². The summed E-state index contributed by atoms with van der Waals surface area (Å²) in [4.78, 5) is 0. The van der Waals surface area contributed by atoms with Crippen molar-refractivity contribution >= 4 is 0 Å². The zero-order chi connectivity index (χ0) is 11.5. The monoisotopic (exact) mass is 225 g/mol. The summed E-state index contributed by atoms with van der Waals surface area (Å²) >= 11 is 0. The van der Waals surface area contributed by atoms with Gasteiger partial charge in [-0.05, 0) is 12.1 Å². The van der Waals surface area contributed by atoms with Gasteiger partial charge in [0.2, 0.25) is 0 Å². The lowest BCUT2D eigenvalue weighted by Crippen LogP contribution is -2.13. The first-order chi connectivity index (χ1) is 7.70. The lowest BCUT2D eigenvalue weighted by atomic mass is 10.2. The van der Waals surface area contributed by atoms with Crippen LogP contribution in [0.5, 0.6) is 0 Å². The van der Waals surface area contributed by atoms with Crippen molar-refractivity contribution in [3.8, 4) is 5.69 Å². The average Bonchev–Trinajstić information content (AvgIpc) is 2.77. The molecule has 0 amide bonds. The van der Waals surface area contributed by atoms with Gasteiger partial charge in [-0.1, -0.05) is 23.4 Å². The summed E-state index contributed by atoms with van der Waals surface area (Å²) in [6.07, 6.45) is -3.61. The van der Waals surface area contributed by atoms with E-state index in [-0.39, 0.29) is 5.69 Å². The van der Waals surface area contributed by atoms with Crippen molar-refractivity contribution in [2.75, 3.05) is 0 Å². The number of halogens is 2. The minimum Gasteiger partial charge on any atom is -0.381 e. The van der Waals surface area contributed by atoms with E-state index >= 15 is 0 Å². The van der Waals surface area contributed by atoms with Crippen LogP contribution in [0, 0.1) is 0 Å². The van der Waals surface area contributed by atoms with E-state index < -0.39 is 12.5 Å². The number of alkyl halides is 2. The molecule has 0 spiro atoms. The quantitative estimate of drug-likeness (QED) is 0.862. The standard InChI is InChI=1S/C10H9F2N3O/c11-10(12)9(16)8-6-13-14-15(8)7-4-2-1-3-5-7/h1-6,9-10,16H. The molecule has 1 aromatic heterocycles. The number of benzene rings is 1. The van der Waals surface area contributed by atoms with Crippen LogP contribution >= 0.6 is 0 Å². The van der Waals surface area contributed by atoms with Gasteiger partial charge in [0, 0.05) is 0 Å². The Hall–Kier alpha value is -1.82. The molecule has 0 radical (unpaired) electrons. The number of aromatic nitrogens is 3.